The number of aryl methyl sites for hydroxylation is 2. The molecule has 2 aliphatic heterocycles. The summed E-state index contributed by atoms with van der Waals surface area (Å²) in [5.74, 6) is -0.244. The first kappa shape index (κ1) is 20.4. The number of carbonyl (C=O) groups is 1. The molecule has 1 unspecified atom stereocenters. The van der Waals surface area contributed by atoms with Crippen LogP contribution < -0.4 is 9.80 Å². The van der Waals surface area contributed by atoms with Gasteiger partial charge in [0.2, 0.25) is 0 Å². The van der Waals surface area contributed by atoms with E-state index < -0.39 is 5.54 Å². The molecule has 0 saturated carbocycles. The van der Waals surface area contributed by atoms with Crippen LogP contribution in [0.25, 0.3) is 0 Å². The van der Waals surface area contributed by atoms with E-state index in [9.17, 15) is 4.79 Å². The van der Waals surface area contributed by atoms with Gasteiger partial charge in [-0.3, -0.25) is 0 Å². The quantitative estimate of drug-likeness (QED) is 0.422. The number of hydrogen-bond donors (Lipinski definition) is 0. The van der Waals surface area contributed by atoms with Crippen molar-refractivity contribution in [1.82, 2.24) is 0 Å². The van der Waals surface area contributed by atoms with Gasteiger partial charge in [0, 0.05) is 24.5 Å². The monoisotopic (exact) mass is 424 g/mol. The Morgan fingerprint density at radius 1 is 0.969 bits per heavy atom. The molecule has 0 aliphatic carbocycles. The molecule has 3 aromatic rings. The maximum absolute atomic E-state index is 13.9. The van der Waals surface area contributed by atoms with E-state index in [0.717, 1.165) is 17.8 Å². The third-order valence-corrected chi connectivity index (χ3v) is 6.59. The number of benzene rings is 3. The topological polar surface area (TPSA) is 32.8 Å². The van der Waals surface area contributed by atoms with Gasteiger partial charge >= 0.3 is 5.97 Å². The SMILES string of the molecule is C=CCOC(=O)C1(c2ccccc2)CN2Cc3cc(C)ccc3N1Cc1cc(C)ccc12. The predicted molar refractivity (Wildman–Crippen MR) is 129 cm³/mol. The summed E-state index contributed by atoms with van der Waals surface area (Å²) in [6, 6.07) is 23.2. The van der Waals surface area contributed by atoms with Crippen molar-refractivity contribution in [2.75, 3.05) is 23.0 Å². The van der Waals surface area contributed by atoms with Crippen molar-refractivity contribution in [3.63, 3.8) is 0 Å². The molecule has 3 aromatic carbocycles. The third-order valence-electron chi connectivity index (χ3n) is 6.59. The van der Waals surface area contributed by atoms with Gasteiger partial charge in [-0.1, -0.05) is 78.4 Å². The van der Waals surface area contributed by atoms with Gasteiger partial charge in [-0.05, 0) is 42.7 Å². The van der Waals surface area contributed by atoms with Crippen LogP contribution in [0.15, 0.2) is 79.4 Å². The van der Waals surface area contributed by atoms with E-state index in [1.54, 1.807) is 6.08 Å². The van der Waals surface area contributed by atoms with Gasteiger partial charge in [0.15, 0.2) is 5.54 Å². The molecule has 0 N–H and O–H groups in total. The Morgan fingerprint density at radius 2 is 1.62 bits per heavy atom. The lowest BCUT2D eigenvalue weighted by Crippen LogP contribution is -2.56. The summed E-state index contributed by atoms with van der Waals surface area (Å²) < 4.78 is 5.79. The number of hydrogen-bond acceptors (Lipinski definition) is 4. The first-order valence-electron chi connectivity index (χ1n) is 11.1. The smallest absolute Gasteiger partial charge is 0.338 e. The molecule has 2 bridgehead atoms. The van der Waals surface area contributed by atoms with Gasteiger partial charge in [0.25, 0.3) is 0 Å². The van der Waals surface area contributed by atoms with Crippen LogP contribution in [-0.4, -0.2) is 19.1 Å². The average molecular weight is 425 g/mol. The summed E-state index contributed by atoms with van der Waals surface area (Å²) >= 11 is 0. The van der Waals surface area contributed by atoms with Crippen LogP contribution in [0.4, 0.5) is 11.4 Å². The van der Waals surface area contributed by atoms with E-state index in [-0.39, 0.29) is 12.6 Å². The summed E-state index contributed by atoms with van der Waals surface area (Å²) in [7, 11) is 0. The lowest BCUT2D eigenvalue weighted by atomic mass is 9.86. The van der Waals surface area contributed by atoms with E-state index in [4.69, 9.17) is 4.74 Å². The standard InChI is InChI=1S/C28H28N2O2/c1-4-14-32-27(31)28(24-8-6-5-7-9-24)19-29-17-22-15-21(3)11-13-26(22)30(28)18-23-16-20(2)10-12-25(23)29/h4-13,15-16H,1,14,17-19H2,2-3H3. The normalized spacial score (nSPS) is 18.9. The summed E-state index contributed by atoms with van der Waals surface area (Å²) in [6.45, 7) is 10.0. The van der Waals surface area contributed by atoms with Gasteiger partial charge < -0.3 is 14.5 Å². The van der Waals surface area contributed by atoms with Gasteiger partial charge in [-0.2, -0.15) is 0 Å². The molecule has 2 aliphatic rings. The fourth-order valence-corrected chi connectivity index (χ4v) is 5.15. The minimum absolute atomic E-state index is 0.189. The molecule has 4 nitrogen and oxygen atoms in total. The highest BCUT2D eigenvalue weighted by Crippen LogP contribution is 2.46. The Hall–Kier alpha value is -3.53. The van der Waals surface area contributed by atoms with E-state index >= 15 is 0 Å². The van der Waals surface area contributed by atoms with Crippen LogP contribution in [-0.2, 0) is 28.2 Å². The Kier molecular flexibility index (Phi) is 5.01. The molecule has 0 amide bonds. The van der Waals surface area contributed by atoms with E-state index in [0.29, 0.717) is 13.1 Å². The fourth-order valence-electron chi connectivity index (χ4n) is 5.15. The van der Waals surface area contributed by atoms with Crippen LogP contribution in [0.3, 0.4) is 0 Å². The molecule has 2 heterocycles. The first-order chi connectivity index (χ1) is 15.5. The zero-order chi connectivity index (χ0) is 22.3. The summed E-state index contributed by atoms with van der Waals surface area (Å²) in [5, 5.41) is 0. The Morgan fingerprint density at radius 3 is 2.31 bits per heavy atom. The number of nitrogens with zero attached hydrogens (tertiary/aromatic N) is 2. The Bertz CT molecular complexity index is 1190. The summed E-state index contributed by atoms with van der Waals surface area (Å²) in [6.07, 6.45) is 1.63. The minimum Gasteiger partial charge on any atom is -0.459 e. The van der Waals surface area contributed by atoms with Crippen molar-refractivity contribution in [2.45, 2.75) is 32.5 Å². The van der Waals surface area contributed by atoms with Crippen molar-refractivity contribution >= 4 is 17.3 Å². The van der Waals surface area contributed by atoms with Crippen LogP contribution in [0.5, 0.6) is 0 Å². The summed E-state index contributed by atoms with van der Waals surface area (Å²) in [4.78, 5) is 18.6. The molecule has 0 radical (unpaired) electrons. The second-order valence-corrected chi connectivity index (χ2v) is 8.82. The predicted octanol–water partition coefficient (Wildman–Crippen LogP) is 5.27. The number of carbonyl (C=O) groups excluding carboxylic acids is 1. The third kappa shape index (κ3) is 3.18. The van der Waals surface area contributed by atoms with Crippen molar-refractivity contribution in [2.24, 2.45) is 0 Å². The Balaban J connectivity index is 1.80. The van der Waals surface area contributed by atoms with E-state index in [1.807, 2.05) is 30.3 Å². The number of rotatable bonds is 4. The molecule has 0 spiro atoms. The van der Waals surface area contributed by atoms with Crippen molar-refractivity contribution in [3.8, 4) is 0 Å². The zero-order valence-electron chi connectivity index (χ0n) is 18.7. The molecule has 0 fully saturated rings. The number of anilines is 2. The maximum Gasteiger partial charge on any atom is 0.338 e. The van der Waals surface area contributed by atoms with Crippen molar-refractivity contribution in [3.05, 3.63) is 107 Å². The number of esters is 1. The molecule has 4 heteroatoms. The van der Waals surface area contributed by atoms with Gasteiger partial charge in [0.05, 0.1) is 6.54 Å². The molecule has 32 heavy (non-hydrogen) atoms. The lowest BCUT2D eigenvalue weighted by molar-refractivity contribution is -0.149. The van der Waals surface area contributed by atoms with Crippen LogP contribution in [0.1, 0.15) is 27.8 Å². The average Bonchev–Trinajstić information content (AvgIpc) is 3.02. The molecular weight excluding hydrogens is 396 g/mol. The molecule has 162 valence electrons. The molecular formula is C28H28N2O2. The largest absolute Gasteiger partial charge is 0.459 e. The molecule has 0 aromatic heterocycles. The highest BCUT2D eigenvalue weighted by molar-refractivity contribution is 5.90. The van der Waals surface area contributed by atoms with Crippen LogP contribution in [0.2, 0.25) is 0 Å². The van der Waals surface area contributed by atoms with E-state index in [2.05, 4.69) is 66.6 Å². The zero-order valence-corrected chi connectivity index (χ0v) is 18.7. The highest BCUT2D eigenvalue weighted by atomic mass is 16.5. The second-order valence-electron chi connectivity index (χ2n) is 8.82. The first-order valence-corrected chi connectivity index (χ1v) is 11.1. The number of fused-ring (bicyclic) bond motifs is 7. The molecule has 5 rings (SSSR count). The van der Waals surface area contributed by atoms with Crippen LogP contribution in [0, 0.1) is 13.8 Å². The van der Waals surface area contributed by atoms with Gasteiger partial charge in [-0.15, -0.1) is 0 Å². The number of ether oxygens (including phenoxy) is 1. The van der Waals surface area contributed by atoms with E-state index in [1.165, 1.54) is 27.9 Å². The summed E-state index contributed by atoms with van der Waals surface area (Å²) in [5.41, 5.74) is 7.13. The van der Waals surface area contributed by atoms with Gasteiger partial charge in [-0.25, -0.2) is 4.79 Å². The van der Waals surface area contributed by atoms with Crippen molar-refractivity contribution < 1.29 is 9.53 Å². The highest BCUT2D eigenvalue weighted by Gasteiger charge is 2.52. The van der Waals surface area contributed by atoms with Crippen LogP contribution >= 0.6 is 0 Å². The van der Waals surface area contributed by atoms with Gasteiger partial charge in [0.1, 0.15) is 6.61 Å². The molecule has 0 saturated heterocycles. The molecule has 1 atom stereocenters. The lowest BCUT2D eigenvalue weighted by Gasteiger charge is -2.42. The minimum atomic E-state index is -0.975. The fraction of sp³-hybridized carbons (Fsp3) is 0.250. The maximum atomic E-state index is 13.9. The second kappa shape index (κ2) is 7.86. The van der Waals surface area contributed by atoms with Crippen molar-refractivity contribution in [1.29, 1.82) is 0 Å². The Labute approximate surface area is 189 Å².